The highest BCUT2D eigenvalue weighted by molar-refractivity contribution is 5.77. The number of carbonyl (C=O) groups is 2. The zero-order valence-electron chi connectivity index (χ0n) is 41.1. The standard InChI is InChI=1S/C55H105NO5/c1-4-7-10-13-16-19-22-24-26-28-29-32-34-37-40-43-46-51(61-55(60)48-45-42-39-36-31-21-18-15-12-9-6-3)49-54(59)56-52(50-57)53(58)47-44-41-38-35-33-30-27-25-23-20-17-14-11-8-5-2/h15,18,29,32,51-53,57-58H,4-14,16-17,19-28,30-31,33-50H2,1-3H3,(H,56,59)/b18-15-,32-29+. The fourth-order valence-electron chi connectivity index (χ4n) is 8.35. The Morgan fingerprint density at radius 2 is 0.803 bits per heavy atom. The average Bonchev–Trinajstić information content (AvgIpc) is 3.25. The minimum absolute atomic E-state index is 0.0678. The lowest BCUT2D eigenvalue weighted by atomic mass is 10.0. The first kappa shape index (κ1) is 59.3. The van der Waals surface area contributed by atoms with Gasteiger partial charge in [0.1, 0.15) is 6.10 Å². The number of ether oxygens (including phenoxy) is 1. The van der Waals surface area contributed by atoms with Crippen molar-refractivity contribution in [2.75, 3.05) is 6.61 Å². The van der Waals surface area contributed by atoms with Gasteiger partial charge in [-0.1, -0.05) is 231 Å². The Hall–Kier alpha value is -1.66. The molecule has 0 heterocycles. The number of unbranched alkanes of at least 4 members (excludes halogenated alkanes) is 33. The van der Waals surface area contributed by atoms with Crippen molar-refractivity contribution in [1.29, 1.82) is 0 Å². The molecular formula is C55H105NO5. The normalized spacial score (nSPS) is 13.3. The van der Waals surface area contributed by atoms with Gasteiger partial charge in [0.05, 0.1) is 25.2 Å². The molecule has 0 aromatic heterocycles. The molecule has 0 rings (SSSR count). The highest BCUT2D eigenvalue weighted by Gasteiger charge is 2.24. The number of amides is 1. The Morgan fingerprint density at radius 1 is 0.459 bits per heavy atom. The minimum Gasteiger partial charge on any atom is -0.462 e. The maximum absolute atomic E-state index is 13.2. The molecule has 0 bridgehead atoms. The van der Waals surface area contributed by atoms with Crippen LogP contribution < -0.4 is 5.32 Å². The van der Waals surface area contributed by atoms with E-state index in [4.69, 9.17) is 4.74 Å². The number of hydrogen-bond acceptors (Lipinski definition) is 5. The molecule has 6 heteroatoms. The Morgan fingerprint density at radius 3 is 1.23 bits per heavy atom. The van der Waals surface area contributed by atoms with E-state index in [2.05, 4.69) is 50.4 Å². The number of carbonyl (C=O) groups excluding carboxylic acids is 2. The Labute approximate surface area is 380 Å². The molecule has 0 aliphatic carbocycles. The van der Waals surface area contributed by atoms with Crippen LogP contribution in [0.4, 0.5) is 0 Å². The van der Waals surface area contributed by atoms with E-state index < -0.39 is 18.2 Å². The van der Waals surface area contributed by atoms with Crippen LogP contribution in [0.3, 0.4) is 0 Å². The molecule has 3 atom stereocenters. The second-order valence-electron chi connectivity index (χ2n) is 18.6. The molecule has 1 amide bonds. The largest absolute Gasteiger partial charge is 0.462 e. The summed E-state index contributed by atoms with van der Waals surface area (Å²) in [4.78, 5) is 26.1. The maximum Gasteiger partial charge on any atom is 0.306 e. The minimum atomic E-state index is -0.789. The summed E-state index contributed by atoms with van der Waals surface area (Å²) in [5, 5.41) is 23.8. The molecule has 0 fully saturated rings. The molecule has 0 aromatic carbocycles. The summed E-state index contributed by atoms with van der Waals surface area (Å²) in [7, 11) is 0. The molecule has 6 nitrogen and oxygen atoms in total. The Bertz CT molecular complexity index is 966. The lowest BCUT2D eigenvalue weighted by molar-refractivity contribution is -0.151. The number of rotatable bonds is 49. The molecule has 3 unspecified atom stereocenters. The topological polar surface area (TPSA) is 95.9 Å². The van der Waals surface area contributed by atoms with Gasteiger partial charge in [-0.2, -0.15) is 0 Å². The first-order chi connectivity index (χ1) is 30.0. The highest BCUT2D eigenvalue weighted by Crippen LogP contribution is 2.18. The number of hydrogen-bond donors (Lipinski definition) is 3. The summed E-state index contributed by atoms with van der Waals surface area (Å²) >= 11 is 0. The van der Waals surface area contributed by atoms with E-state index >= 15 is 0 Å². The number of esters is 1. The first-order valence-corrected chi connectivity index (χ1v) is 27.1. The third-order valence-electron chi connectivity index (χ3n) is 12.5. The fraction of sp³-hybridized carbons (Fsp3) is 0.891. The summed E-state index contributed by atoms with van der Waals surface area (Å²) in [5.74, 6) is -0.487. The molecule has 0 aliphatic rings. The average molecular weight is 860 g/mol. The summed E-state index contributed by atoms with van der Waals surface area (Å²) in [6.45, 7) is 6.47. The van der Waals surface area contributed by atoms with Crippen molar-refractivity contribution in [3.8, 4) is 0 Å². The van der Waals surface area contributed by atoms with Crippen LogP contribution >= 0.6 is 0 Å². The van der Waals surface area contributed by atoms with Crippen LogP contribution in [0.1, 0.15) is 290 Å². The second-order valence-corrected chi connectivity index (χ2v) is 18.6. The molecule has 360 valence electrons. The van der Waals surface area contributed by atoms with Crippen molar-refractivity contribution in [3.05, 3.63) is 24.3 Å². The van der Waals surface area contributed by atoms with Crippen molar-refractivity contribution in [2.45, 2.75) is 309 Å². The van der Waals surface area contributed by atoms with E-state index in [-0.39, 0.29) is 24.9 Å². The van der Waals surface area contributed by atoms with E-state index in [0.29, 0.717) is 19.3 Å². The van der Waals surface area contributed by atoms with Crippen molar-refractivity contribution in [1.82, 2.24) is 5.32 Å². The van der Waals surface area contributed by atoms with Gasteiger partial charge < -0.3 is 20.3 Å². The molecule has 0 aromatic rings. The third kappa shape index (κ3) is 44.7. The van der Waals surface area contributed by atoms with Crippen LogP contribution in [0.15, 0.2) is 24.3 Å². The lowest BCUT2D eigenvalue weighted by Crippen LogP contribution is -2.46. The molecule has 61 heavy (non-hydrogen) atoms. The lowest BCUT2D eigenvalue weighted by Gasteiger charge is -2.24. The number of aliphatic hydroxyl groups excluding tert-OH is 2. The summed E-state index contributed by atoms with van der Waals surface area (Å²) in [6.07, 6.45) is 56.7. The predicted molar refractivity (Wildman–Crippen MR) is 264 cm³/mol. The molecule has 0 saturated carbocycles. The molecule has 0 aliphatic heterocycles. The van der Waals surface area contributed by atoms with Crippen LogP contribution in [0.2, 0.25) is 0 Å². The number of allylic oxidation sites excluding steroid dienone is 4. The van der Waals surface area contributed by atoms with Gasteiger partial charge in [-0.05, 0) is 70.6 Å². The molecule has 0 saturated heterocycles. The second kappa shape index (κ2) is 49.4. The SMILES string of the molecule is CCCC/C=C\CCCCCCCC(=O)OC(CCCCC/C=C/CCCCCCCCCCC)CC(=O)NC(CO)C(O)CCCCCCCCCCCCCCCCC. The van der Waals surface area contributed by atoms with Gasteiger partial charge in [0, 0.05) is 6.42 Å². The van der Waals surface area contributed by atoms with E-state index in [9.17, 15) is 19.8 Å². The van der Waals surface area contributed by atoms with Gasteiger partial charge in [-0.15, -0.1) is 0 Å². The van der Waals surface area contributed by atoms with E-state index in [1.807, 2.05) is 0 Å². The maximum atomic E-state index is 13.2. The monoisotopic (exact) mass is 860 g/mol. The molecule has 0 radical (unpaired) electrons. The quantitative estimate of drug-likeness (QED) is 0.0322. The van der Waals surface area contributed by atoms with Crippen molar-refractivity contribution in [3.63, 3.8) is 0 Å². The first-order valence-electron chi connectivity index (χ1n) is 27.1. The zero-order valence-corrected chi connectivity index (χ0v) is 41.1. The Balaban J connectivity index is 4.54. The summed E-state index contributed by atoms with van der Waals surface area (Å²) in [6, 6.07) is -0.704. The van der Waals surface area contributed by atoms with Crippen LogP contribution in [0.5, 0.6) is 0 Å². The summed E-state index contributed by atoms with van der Waals surface area (Å²) in [5.41, 5.74) is 0. The van der Waals surface area contributed by atoms with E-state index in [1.165, 1.54) is 180 Å². The van der Waals surface area contributed by atoms with Crippen molar-refractivity contribution >= 4 is 11.9 Å². The van der Waals surface area contributed by atoms with Gasteiger partial charge in [0.2, 0.25) is 5.91 Å². The van der Waals surface area contributed by atoms with Crippen molar-refractivity contribution in [2.24, 2.45) is 0 Å². The molecule has 3 N–H and O–H groups in total. The number of nitrogens with one attached hydrogen (secondary N) is 1. The molecular weight excluding hydrogens is 755 g/mol. The van der Waals surface area contributed by atoms with E-state index in [1.54, 1.807) is 0 Å². The van der Waals surface area contributed by atoms with Gasteiger partial charge in [-0.25, -0.2) is 0 Å². The Kier molecular flexibility index (Phi) is 48.0. The zero-order chi connectivity index (χ0) is 44.5. The number of aliphatic hydroxyl groups is 2. The van der Waals surface area contributed by atoms with Crippen LogP contribution in [0.25, 0.3) is 0 Å². The van der Waals surface area contributed by atoms with Gasteiger partial charge in [-0.3, -0.25) is 9.59 Å². The highest BCUT2D eigenvalue weighted by atomic mass is 16.5. The van der Waals surface area contributed by atoms with Crippen LogP contribution in [-0.4, -0.2) is 46.9 Å². The van der Waals surface area contributed by atoms with Crippen LogP contribution in [-0.2, 0) is 14.3 Å². The third-order valence-corrected chi connectivity index (χ3v) is 12.5. The van der Waals surface area contributed by atoms with Gasteiger partial charge >= 0.3 is 5.97 Å². The van der Waals surface area contributed by atoms with Crippen LogP contribution in [0, 0.1) is 0 Å². The van der Waals surface area contributed by atoms with Gasteiger partial charge in [0.15, 0.2) is 0 Å². The van der Waals surface area contributed by atoms with E-state index in [0.717, 1.165) is 64.2 Å². The van der Waals surface area contributed by atoms with Gasteiger partial charge in [0.25, 0.3) is 0 Å². The molecule has 0 spiro atoms. The van der Waals surface area contributed by atoms with Crippen molar-refractivity contribution < 1.29 is 24.5 Å². The summed E-state index contributed by atoms with van der Waals surface area (Å²) < 4.78 is 5.93. The fourth-order valence-corrected chi connectivity index (χ4v) is 8.35. The predicted octanol–water partition coefficient (Wildman–Crippen LogP) is 16.3. The smallest absolute Gasteiger partial charge is 0.306 e.